The van der Waals surface area contributed by atoms with E-state index in [9.17, 15) is 14.0 Å². The molecule has 0 saturated carbocycles. The van der Waals surface area contributed by atoms with Crippen LogP contribution in [0.4, 0.5) is 4.39 Å². The Morgan fingerprint density at radius 1 is 1.09 bits per heavy atom. The predicted octanol–water partition coefficient (Wildman–Crippen LogP) is 1.69. The van der Waals surface area contributed by atoms with Crippen LogP contribution in [0.5, 0.6) is 5.88 Å². The van der Waals surface area contributed by atoms with Gasteiger partial charge in [-0.05, 0) is 31.2 Å². The largest absolute Gasteiger partial charge is 0.477 e. The van der Waals surface area contributed by atoms with Crippen molar-refractivity contribution < 1.29 is 18.7 Å². The van der Waals surface area contributed by atoms with Gasteiger partial charge in [0.25, 0.3) is 11.8 Å². The number of halogens is 1. The van der Waals surface area contributed by atoms with Crippen LogP contribution in [0.1, 0.15) is 27.6 Å². The third-order valence-electron chi connectivity index (χ3n) is 2.70. The van der Waals surface area contributed by atoms with Crippen molar-refractivity contribution in [1.29, 1.82) is 0 Å². The summed E-state index contributed by atoms with van der Waals surface area (Å²) in [6.07, 6.45) is 1.49. The molecule has 1 aromatic carbocycles. The van der Waals surface area contributed by atoms with Gasteiger partial charge in [-0.1, -0.05) is 12.1 Å². The lowest BCUT2D eigenvalue weighted by molar-refractivity contribution is 0.0841. The first-order valence-electron chi connectivity index (χ1n) is 6.56. The molecule has 2 aromatic rings. The second-order valence-electron chi connectivity index (χ2n) is 4.18. The van der Waals surface area contributed by atoms with Gasteiger partial charge >= 0.3 is 0 Å². The van der Waals surface area contributed by atoms with Crippen molar-refractivity contribution in [2.45, 2.75) is 6.92 Å². The average molecular weight is 303 g/mol. The van der Waals surface area contributed by atoms with Gasteiger partial charge in [-0.3, -0.25) is 20.4 Å². The lowest BCUT2D eigenvalue weighted by atomic mass is 10.2. The average Bonchev–Trinajstić information content (AvgIpc) is 2.53. The number of rotatable bonds is 4. The van der Waals surface area contributed by atoms with Crippen LogP contribution in [0.3, 0.4) is 0 Å². The summed E-state index contributed by atoms with van der Waals surface area (Å²) in [7, 11) is 0. The Kier molecular flexibility index (Phi) is 5.02. The Hall–Kier alpha value is -2.96. The number of hydrazine groups is 1. The quantitative estimate of drug-likeness (QED) is 0.842. The molecule has 0 aliphatic carbocycles. The molecule has 7 heteroatoms. The molecule has 2 amide bonds. The van der Waals surface area contributed by atoms with E-state index in [4.69, 9.17) is 4.74 Å². The number of carbonyl (C=O) groups is 2. The van der Waals surface area contributed by atoms with Crippen LogP contribution in [0, 0.1) is 5.82 Å². The van der Waals surface area contributed by atoms with E-state index >= 15 is 0 Å². The molecule has 0 atom stereocenters. The fourth-order valence-electron chi connectivity index (χ4n) is 1.71. The number of ether oxygens (including phenoxy) is 1. The number of nitrogens with one attached hydrogen (secondary N) is 2. The Morgan fingerprint density at radius 2 is 1.73 bits per heavy atom. The molecular weight excluding hydrogens is 289 g/mol. The van der Waals surface area contributed by atoms with Crippen molar-refractivity contribution in [1.82, 2.24) is 15.8 Å². The molecule has 114 valence electrons. The maximum Gasteiger partial charge on any atom is 0.275 e. The zero-order chi connectivity index (χ0) is 15.9. The summed E-state index contributed by atoms with van der Waals surface area (Å²) in [5, 5.41) is 0. The number of hydrogen-bond donors (Lipinski definition) is 2. The number of nitrogens with zero attached hydrogens (tertiary/aromatic N) is 1. The summed E-state index contributed by atoms with van der Waals surface area (Å²) in [5.41, 5.74) is 4.34. The number of hydrogen-bond acceptors (Lipinski definition) is 4. The monoisotopic (exact) mass is 303 g/mol. The van der Waals surface area contributed by atoms with E-state index in [1.165, 1.54) is 30.5 Å². The van der Waals surface area contributed by atoms with Gasteiger partial charge < -0.3 is 4.74 Å². The van der Waals surface area contributed by atoms with Crippen LogP contribution in [-0.4, -0.2) is 23.4 Å². The number of amides is 2. The SMILES string of the molecule is CCOc1ncccc1C(=O)NNC(=O)c1ccccc1F. The highest BCUT2D eigenvalue weighted by Gasteiger charge is 2.15. The van der Waals surface area contributed by atoms with Gasteiger partial charge in [-0.15, -0.1) is 0 Å². The maximum atomic E-state index is 13.4. The minimum atomic E-state index is -0.756. The van der Waals surface area contributed by atoms with Gasteiger partial charge in [0.15, 0.2) is 0 Å². The number of aromatic nitrogens is 1. The predicted molar refractivity (Wildman–Crippen MR) is 76.7 cm³/mol. The van der Waals surface area contributed by atoms with E-state index in [1.807, 2.05) is 0 Å². The molecule has 1 heterocycles. The first-order chi connectivity index (χ1) is 10.6. The highest BCUT2D eigenvalue weighted by Crippen LogP contribution is 2.13. The van der Waals surface area contributed by atoms with E-state index in [0.717, 1.165) is 6.07 Å². The Morgan fingerprint density at radius 3 is 2.41 bits per heavy atom. The summed E-state index contributed by atoms with van der Waals surface area (Å²) in [6, 6.07) is 8.53. The Bertz CT molecular complexity index is 691. The minimum absolute atomic E-state index is 0.155. The van der Waals surface area contributed by atoms with Crippen LogP contribution in [0.15, 0.2) is 42.6 Å². The fraction of sp³-hybridized carbons (Fsp3) is 0.133. The van der Waals surface area contributed by atoms with E-state index < -0.39 is 17.6 Å². The number of carbonyl (C=O) groups excluding carboxylic acids is 2. The van der Waals surface area contributed by atoms with E-state index in [0.29, 0.717) is 6.61 Å². The third-order valence-corrected chi connectivity index (χ3v) is 2.70. The molecule has 6 nitrogen and oxygen atoms in total. The van der Waals surface area contributed by atoms with Crippen molar-refractivity contribution in [3.05, 3.63) is 59.5 Å². The fourth-order valence-corrected chi connectivity index (χ4v) is 1.71. The van der Waals surface area contributed by atoms with Gasteiger partial charge in [-0.2, -0.15) is 0 Å². The molecule has 2 rings (SSSR count). The molecule has 0 saturated heterocycles. The van der Waals surface area contributed by atoms with Crippen molar-refractivity contribution in [3.8, 4) is 5.88 Å². The lowest BCUT2D eigenvalue weighted by Gasteiger charge is -2.10. The first-order valence-corrected chi connectivity index (χ1v) is 6.56. The van der Waals surface area contributed by atoms with Crippen LogP contribution in [0.2, 0.25) is 0 Å². The summed E-state index contributed by atoms with van der Waals surface area (Å²) >= 11 is 0. The zero-order valence-corrected chi connectivity index (χ0v) is 11.8. The standard InChI is InChI=1S/C15H14FN3O3/c1-2-22-15-11(7-5-9-17-15)14(21)19-18-13(20)10-6-3-4-8-12(10)16/h3-9H,2H2,1H3,(H,18,20)(H,19,21). The van der Waals surface area contributed by atoms with Gasteiger partial charge in [0, 0.05) is 6.20 Å². The third kappa shape index (κ3) is 3.57. The molecule has 0 aliphatic heterocycles. The highest BCUT2D eigenvalue weighted by molar-refractivity contribution is 6.00. The maximum absolute atomic E-state index is 13.4. The van der Waals surface area contributed by atoms with E-state index in [-0.39, 0.29) is 17.0 Å². The molecule has 0 radical (unpaired) electrons. The van der Waals surface area contributed by atoms with Crippen LogP contribution in [0.25, 0.3) is 0 Å². The molecule has 2 N–H and O–H groups in total. The molecule has 1 aromatic heterocycles. The van der Waals surface area contributed by atoms with Crippen molar-refractivity contribution in [3.63, 3.8) is 0 Å². The zero-order valence-electron chi connectivity index (χ0n) is 11.8. The van der Waals surface area contributed by atoms with Crippen molar-refractivity contribution in [2.75, 3.05) is 6.61 Å². The second kappa shape index (κ2) is 7.16. The normalized spacial score (nSPS) is 9.91. The van der Waals surface area contributed by atoms with Gasteiger partial charge in [0.1, 0.15) is 11.4 Å². The molecule has 0 bridgehead atoms. The molecule has 22 heavy (non-hydrogen) atoms. The number of pyridine rings is 1. The Labute approximate surface area is 126 Å². The summed E-state index contributed by atoms with van der Waals surface area (Å²) < 4.78 is 18.7. The second-order valence-corrected chi connectivity index (χ2v) is 4.18. The smallest absolute Gasteiger partial charge is 0.275 e. The molecule has 0 fully saturated rings. The van der Waals surface area contributed by atoms with E-state index in [2.05, 4.69) is 15.8 Å². The summed E-state index contributed by atoms with van der Waals surface area (Å²) in [6.45, 7) is 2.11. The Balaban J connectivity index is 2.04. The van der Waals surface area contributed by atoms with Crippen LogP contribution < -0.4 is 15.6 Å². The van der Waals surface area contributed by atoms with Crippen LogP contribution >= 0.6 is 0 Å². The molecule has 0 aliphatic rings. The van der Waals surface area contributed by atoms with Crippen molar-refractivity contribution in [2.24, 2.45) is 0 Å². The van der Waals surface area contributed by atoms with Gasteiger partial charge in [0.2, 0.25) is 5.88 Å². The van der Waals surface area contributed by atoms with Gasteiger partial charge in [-0.25, -0.2) is 9.37 Å². The minimum Gasteiger partial charge on any atom is -0.477 e. The highest BCUT2D eigenvalue weighted by atomic mass is 19.1. The van der Waals surface area contributed by atoms with Gasteiger partial charge in [0.05, 0.1) is 12.2 Å². The lowest BCUT2D eigenvalue weighted by Crippen LogP contribution is -2.42. The van der Waals surface area contributed by atoms with E-state index in [1.54, 1.807) is 13.0 Å². The molecular formula is C15H14FN3O3. The molecule has 0 spiro atoms. The van der Waals surface area contributed by atoms with Crippen molar-refractivity contribution >= 4 is 11.8 Å². The first kappa shape index (κ1) is 15.4. The molecule has 0 unspecified atom stereocenters. The number of benzene rings is 1. The summed E-state index contributed by atoms with van der Waals surface area (Å²) in [5.74, 6) is -1.89. The van der Waals surface area contributed by atoms with Crippen LogP contribution in [-0.2, 0) is 0 Å². The summed E-state index contributed by atoms with van der Waals surface area (Å²) in [4.78, 5) is 27.8. The topological polar surface area (TPSA) is 80.3 Å².